The lowest BCUT2D eigenvalue weighted by molar-refractivity contribution is 0.341. The Bertz CT molecular complexity index is 1780. The maximum atomic E-state index is 13.8. The number of hydrogen-bond donors (Lipinski definition) is 1. The van der Waals surface area contributed by atoms with Crippen molar-refractivity contribution in [2.75, 3.05) is 37.7 Å². The van der Waals surface area contributed by atoms with E-state index in [9.17, 15) is 17.6 Å². The Morgan fingerprint density at radius 3 is 2.40 bits per heavy atom. The average molecular weight is 639 g/mol. The molecule has 1 unspecified atom stereocenters. The number of nitrogens with zero attached hydrogens (tertiary/aromatic N) is 5. The summed E-state index contributed by atoms with van der Waals surface area (Å²) in [5.41, 5.74) is 1.89. The number of piperazine rings is 1. The molecule has 1 fully saturated rings. The maximum Gasteiger partial charge on any atom is 0.277 e. The van der Waals surface area contributed by atoms with Crippen LogP contribution in [0, 0.1) is 12.7 Å². The highest BCUT2D eigenvalue weighted by molar-refractivity contribution is 7.89. The number of H-pyrrole nitrogens is 1. The summed E-state index contributed by atoms with van der Waals surface area (Å²) >= 11 is 0. The lowest BCUT2D eigenvalue weighted by Gasteiger charge is -2.35. The van der Waals surface area contributed by atoms with Crippen LogP contribution in [-0.2, 0) is 10.0 Å². The highest BCUT2D eigenvalue weighted by Gasteiger charge is 2.30. The van der Waals surface area contributed by atoms with Crippen molar-refractivity contribution < 1.29 is 17.5 Å². The summed E-state index contributed by atoms with van der Waals surface area (Å²) in [5, 5.41) is 4.85. The van der Waals surface area contributed by atoms with Crippen molar-refractivity contribution in [1.29, 1.82) is 0 Å². The second-order valence-electron chi connectivity index (χ2n) is 11.5. The smallest absolute Gasteiger partial charge is 0.277 e. The van der Waals surface area contributed by atoms with E-state index in [0.717, 1.165) is 43.6 Å². The molecule has 45 heavy (non-hydrogen) atoms. The first kappa shape index (κ1) is 32.6. The van der Waals surface area contributed by atoms with E-state index in [1.807, 2.05) is 18.7 Å². The molecule has 242 valence electrons. The van der Waals surface area contributed by atoms with Gasteiger partial charge in [0.1, 0.15) is 17.4 Å². The van der Waals surface area contributed by atoms with E-state index in [0.29, 0.717) is 42.2 Å². The topological polar surface area (TPSA) is 113 Å². The third-order valence-electron chi connectivity index (χ3n) is 8.54. The van der Waals surface area contributed by atoms with E-state index in [2.05, 4.69) is 18.8 Å². The van der Waals surface area contributed by atoms with Gasteiger partial charge in [-0.15, -0.1) is 5.10 Å². The summed E-state index contributed by atoms with van der Waals surface area (Å²) in [5.74, 6) is 1.21. The second kappa shape index (κ2) is 14.1. The molecular formula is C33H43FN6O4S. The molecule has 0 spiro atoms. The predicted octanol–water partition coefficient (Wildman–Crippen LogP) is 5.91. The van der Waals surface area contributed by atoms with Crippen LogP contribution in [0.3, 0.4) is 0 Å². The van der Waals surface area contributed by atoms with Crippen LogP contribution in [0.25, 0.3) is 16.9 Å². The Balaban J connectivity index is 1.48. The number of anilines is 1. The number of aryl methyl sites for hydroxylation is 1. The molecule has 0 saturated carbocycles. The third-order valence-corrected chi connectivity index (χ3v) is 10.4. The Morgan fingerprint density at radius 2 is 1.73 bits per heavy atom. The average Bonchev–Trinajstić information content (AvgIpc) is 3.38. The van der Waals surface area contributed by atoms with Gasteiger partial charge in [-0.3, -0.25) is 4.79 Å². The van der Waals surface area contributed by atoms with Gasteiger partial charge in [0.25, 0.3) is 5.56 Å². The number of benzene rings is 2. The summed E-state index contributed by atoms with van der Waals surface area (Å²) in [7, 11) is -3.87. The SMILES string of the molecule is CCCCCCC(CC)c1nc(C)c2c(=O)[nH]c(-c3cc(S(=O)(=O)N4CCN(c5ccc(F)cc5)CC4)ccc3OCC)nn12. The summed E-state index contributed by atoms with van der Waals surface area (Å²) in [6, 6.07) is 10.9. The number of sulfonamides is 1. The van der Waals surface area contributed by atoms with Gasteiger partial charge in [0.05, 0.1) is 22.8 Å². The number of unbranched alkanes of at least 4 members (excludes halogenated alkanes) is 3. The number of ether oxygens (including phenoxy) is 1. The number of nitrogens with one attached hydrogen (secondary N) is 1. The van der Waals surface area contributed by atoms with Crippen molar-refractivity contribution in [2.24, 2.45) is 0 Å². The summed E-state index contributed by atoms with van der Waals surface area (Å²) < 4.78 is 50.1. The largest absolute Gasteiger partial charge is 0.493 e. The highest BCUT2D eigenvalue weighted by atomic mass is 32.2. The van der Waals surface area contributed by atoms with Gasteiger partial charge in [-0.25, -0.2) is 22.3 Å². The Labute approximate surface area is 264 Å². The number of rotatable bonds is 13. The van der Waals surface area contributed by atoms with Gasteiger partial charge in [-0.2, -0.15) is 4.31 Å². The molecule has 10 nitrogen and oxygen atoms in total. The second-order valence-corrected chi connectivity index (χ2v) is 13.5. The Hall–Kier alpha value is -3.77. The molecule has 5 rings (SSSR count). The number of hydrogen-bond acceptors (Lipinski definition) is 7. The lowest BCUT2D eigenvalue weighted by Crippen LogP contribution is -2.48. The lowest BCUT2D eigenvalue weighted by atomic mass is 9.97. The van der Waals surface area contributed by atoms with Crippen molar-refractivity contribution in [1.82, 2.24) is 23.9 Å². The molecule has 2 aromatic heterocycles. The molecule has 1 saturated heterocycles. The van der Waals surface area contributed by atoms with Crippen LogP contribution in [0.4, 0.5) is 10.1 Å². The fourth-order valence-corrected chi connectivity index (χ4v) is 7.48. The number of aromatic amines is 1. The van der Waals surface area contributed by atoms with Crippen molar-refractivity contribution in [3.63, 3.8) is 0 Å². The van der Waals surface area contributed by atoms with Crippen LogP contribution in [-0.4, -0.2) is 65.1 Å². The standard InChI is InChI=1S/C33H43FN6O4S/c1-5-8-9-10-11-24(6-2)32-35-23(4)30-33(41)36-31(37-40(30)32)28-22-27(16-17-29(28)44-7-3)45(42,43)39-20-18-38(19-21-39)26-14-12-25(34)13-15-26/h12-17,22,24H,5-11,18-21H2,1-4H3,(H,36,37,41). The van der Waals surface area contributed by atoms with E-state index < -0.39 is 10.0 Å². The quantitative estimate of drug-likeness (QED) is 0.181. The van der Waals surface area contributed by atoms with Crippen molar-refractivity contribution in [3.05, 3.63) is 70.2 Å². The predicted molar refractivity (Wildman–Crippen MR) is 174 cm³/mol. The molecule has 12 heteroatoms. The van der Waals surface area contributed by atoms with Gasteiger partial charge in [0.15, 0.2) is 11.3 Å². The zero-order valence-corrected chi connectivity index (χ0v) is 27.4. The molecule has 1 N–H and O–H groups in total. The summed E-state index contributed by atoms with van der Waals surface area (Å²) in [6.07, 6.45) is 6.37. The first-order valence-corrected chi connectivity index (χ1v) is 17.4. The maximum absolute atomic E-state index is 13.8. The van der Waals surface area contributed by atoms with Gasteiger partial charge in [-0.1, -0.05) is 39.5 Å². The zero-order chi connectivity index (χ0) is 32.1. The molecule has 0 bridgehead atoms. The summed E-state index contributed by atoms with van der Waals surface area (Å²) in [4.78, 5) is 23.2. The van der Waals surface area contributed by atoms with Crippen LogP contribution in [0.15, 0.2) is 52.2 Å². The first-order chi connectivity index (χ1) is 21.7. The first-order valence-electron chi connectivity index (χ1n) is 15.9. The fraction of sp³-hybridized carbons (Fsp3) is 0.485. The Morgan fingerprint density at radius 1 is 1.00 bits per heavy atom. The van der Waals surface area contributed by atoms with Gasteiger partial charge in [-0.05, 0) is 69.2 Å². The van der Waals surface area contributed by atoms with Crippen molar-refractivity contribution >= 4 is 21.2 Å². The molecule has 0 aliphatic carbocycles. The van der Waals surface area contributed by atoms with Crippen LogP contribution in [0.1, 0.15) is 76.7 Å². The van der Waals surface area contributed by atoms with Gasteiger partial charge in [0, 0.05) is 37.8 Å². The van der Waals surface area contributed by atoms with Gasteiger partial charge in [0.2, 0.25) is 10.0 Å². The molecule has 1 aliphatic heterocycles. The molecule has 1 aliphatic rings. The monoisotopic (exact) mass is 638 g/mol. The zero-order valence-electron chi connectivity index (χ0n) is 26.6. The van der Waals surface area contributed by atoms with E-state index in [-0.39, 0.29) is 41.1 Å². The van der Waals surface area contributed by atoms with Crippen LogP contribution >= 0.6 is 0 Å². The minimum absolute atomic E-state index is 0.0864. The van der Waals surface area contributed by atoms with Crippen molar-refractivity contribution in [3.8, 4) is 17.1 Å². The van der Waals surface area contributed by atoms with E-state index in [4.69, 9.17) is 14.8 Å². The molecule has 0 radical (unpaired) electrons. The van der Waals surface area contributed by atoms with Crippen LogP contribution in [0.5, 0.6) is 5.75 Å². The number of imidazole rings is 1. The fourth-order valence-electron chi connectivity index (χ4n) is 6.04. The van der Waals surface area contributed by atoms with Gasteiger partial charge < -0.3 is 14.6 Å². The Kier molecular flexibility index (Phi) is 10.2. The molecule has 3 heterocycles. The third kappa shape index (κ3) is 6.91. The molecular weight excluding hydrogens is 595 g/mol. The number of halogens is 1. The van der Waals surface area contributed by atoms with Crippen LogP contribution < -0.4 is 15.2 Å². The minimum atomic E-state index is -3.87. The van der Waals surface area contributed by atoms with Gasteiger partial charge >= 0.3 is 0 Å². The minimum Gasteiger partial charge on any atom is -0.493 e. The summed E-state index contributed by atoms with van der Waals surface area (Å²) in [6.45, 7) is 9.81. The normalized spacial score (nSPS) is 15.1. The molecule has 0 amide bonds. The molecule has 2 aromatic carbocycles. The van der Waals surface area contributed by atoms with E-state index in [1.54, 1.807) is 22.7 Å². The van der Waals surface area contributed by atoms with Crippen molar-refractivity contribution in [2.45, 2.75) is 77.0 Å². The molecule has 4 aromatic rings. The number of fused-ring (bicyclic) bond motifs is 1. The number of aromatic nitrogens is 4. The van der Waals surface area contributed by atoms with Crippen LogP contribution in [0.2, 0.25) is 0 Å². The molecule has 1 atom stereocenters. The van der Waals surface area contributed by atoms with E-state index >= 15 is 0 Å². The highest BCUT2D eigenvalue weighted by Crippen LogP contribution is 2.33. The van der Waals surface area contributed by atoms with E-state index in [1.165, 1.54) is 35.0 Å².